The van der Waals surface area contributed by atoms with Crippen molar-refractivity contribution in [2.45, 2.75) is 39.0 Å². The number of ether oxygens (including phenoxy) is 1. The smallest absolute Gasteiger partial charge is 0.339 e. The number of cyclic esters (lactones) is 1. The van der Waals surface area contributed by atoms with E-state index >= 15 is 0 Å². The second-order valence-corrected chi connectivity index (χ2v) is 10.1. The van der Waals surface area contributed by atoms with Crippen LogP contribution in [0.2, 0.25) is 0 Å². The number of hydrogen-bond acceptors (Lipinski definition) is 8. The van der Waals surface area contributed by atoms with Gasteiger partial charge in [0.1, 0.15) is 17.0 Å². The summed E-state index contributed by atoms with van der Waals surface area (Å²) in [7, 11) is 0. The summed E-state index contributed by atoms with van der Waals surface area (Å²) >= 11 is 0. The largest absolute Gasteiger partial charge is 0.451 e. The third-order valence-corrected chi connectivity index (χ3v) is 6.92. The minimum Gasteiger partial charge on any atom is -0.451 e. The van der Waals surface area contributed by atoms with Gasteiger partial charge in [-0.25, -0.2) is 9.78 Å². The van der Waals surface area contributed by atoms with Gasteiger partial charge in [0.2, 0.25) is 5.95 Å². The number of nitrogens with zero attached hydrogens (tertiary/aromatic N) is 2. The number of aliphatic hydroxyl groups is 1. The minimum atomic E-state index is -0.749. The van der Waals surface area contributed by atoms with E-state index in [0.717, 1.165) is 22.3 Å². The lowest BCUT2D eigenvalue weighted by Crippen LogP contribution is -2.26. The number of nitrogens with one attached hydrogen (secondary N) is 3. The van der Waals surface area contributed by atoms with Crippen LogP contribution >= 0.6 is 0 Å². The van der Waals surface area contributed by atoms with Crippen LogP contribution in [0, 0.1) is 6.92 Å². The predicted octanol–water partition coefficient (Wildman–Crippen LogP) is 5.01. The zero-order valence-corrected chi connectivity index (χ0v) is 22.6. The molecule has 9 nitrogen and oxygen atoms in total. The number of carbonyl (C=O) groups is 2. The molecule has 0 saturated heterocycles. The number of fused-ring (bicyclic) bond motifs is 1. The van der Waals surface area contributed by atoms with Gasteiger partial charge in [-0.05, 0) is 55.7 Å². The van der Waals surface area contributed by atoms with Gasteiger partial charge in [-0.2, -0.15) is 4.98 Å². The summed E-state index contributed by atoms with van der Waals surface area (Å²) in [6.45, 7) is 5.80. The summed E-state index contributed by atoms with van der Waals surface area (Å²) in [6.07, 6.45) is 1.45. The van der Waals surface area contributed by atoms with Gasteiger partial charge in [-0.15, -0.1) is 0 Å². The van der Waals surface area contributed by atoms with Crippen molar-refractivity contribution in [3.63, 3.8) is 0 Å². The molecule has 0 aliphatic carbocycles. The molecule has 0 spiro atoms. The molecule has 1 aromatic heterocycles. The molecule has 40 heavy (non-hydrogen) atoms. The lowest BCUT2D eigenvalue weighted by atomic mass is 9.95. The monoisotopic (exact) mass is 537 g/mol. The van der Waals surface area contributed by atoms with Crippen molar-refractivity contribution in [1.29, 1.82) is 0 Å². The maximum atomic E-state index is 13.3. The summed E-state index contributed by atoms with van der Waals surface area (Å²) in [5, 5.41) is 19.5. The van der Waals surface area contributed by atoms with Crippen LogP contribution in [-0.2, 0) is 16.9 Å². The Bertz CT molecular complexity index is 1550. The molecule has 0 bridgehead atoms. The van der Waals surface area contributed by atoms with Crippen molar-refractivity contribution in [2.75, 3.05) is 17.2 Å². The van der Waals surface area contributed by atoms with Crippen LogP contribution in [0.4, 0.5) is 17.5 Å². The average molecular weight is 538 g/mol. The van der Waals surface area contributed by atoms with Crippen LogP contribution in [0.15, 0.2) is 79.0 Å². The van der Waals surface area contributed by atoms with Gasteiger partial charge in [-0.1, -0.05) is 54.6 Å². The van der Waals surface area contributed by atoms with Crippen molar-refractivity contribution in [2.24, 2.45) is 0 Å². The van der Waals surface area contributed by atoms with Crippen LogP contribution in [0.5, 0.6) is 0 Å². The first-order valence-corrected chi connectivity index (χ1v) is 13.0. The molecule has 0 saturated carbocycles. The van der Waals surface area contributed by atoms with Crippen LogP contribution in [0.25, 0.3) is 0 Å². The molecule has 5 rings (SSSR count). The molecule has 0 unspecified atom stereocenters. The first-order chi connectivity index (χ1) is 19.2. The van der Waals surface area contributed by atoms with E-state index in [1.807, 2.05) is 81.4 Å². The Morgan fingerprint density at radius 3 is 2.55 bits per heavy atom. The SMILES string of the molecule is Cc1ccccc1CNC(=O)c1cnc(Nc2ccc3c(c2)C(C)(C)OC3=O)nc1N[C@H](CO)c1ccccc1. The van der Waals surface area contributed by atoms with E-state index < -0.39 is 11.6 Å². The number of aliphatic hydroxyl groups excluding tert-OH is 1. The molecule has 1 amide bonds. The third-order valence-electron chi connectivity index (χ3n) is 6.92. The highest BCUT2D eigenvalue weighted by Crippen LogP contribution is 2.37. The minimum absolute atomic E-state index is 0.213. The topological polar surface area (TPSA) is 125 Å². The maximum absolute atomic E-state index is 13.3. The highest BCUT2D eigenvalue weighted by Gasteiger charge is 2.37. The predicted molar refractivity (Wildman–Crippen MR) is 152 cm³/mol. The first-order valence-electron chi connectivity index (χ1n) is 13.0. The molecule has 0 radical (unpaired) electrons. The van der Waals surface area contributed by atoms with Crippen LogP contribution in [-0.4, -0.2) is 33.6 Å². The summed E-state index contributed by atoms with van der Waals surface area (Å²) in [4.78, 5) is 34.5. The molecule has 9 heteroatoms. The van der Waals surface area contributed by atoms with E-state index in [1.54, 1.807) is 12.1 Å². The summed E-state index contributed by atoms with van der Waals surface area (Å²) in [5.41, 5.74) is 4.36. The van der Waals surface area contributed by atoms with Crippen LogP contribution in [0.1, 0.15) is 62.9 Å². The Morgan fingerprint density at radius 1 is 1.05 bits per heavy atom. The Morgan fingerprint density at radius 2 is 1.80 bits per heavy atom. The molecule has 1 aliphatic heterocycles. The van der Waals surface area contributed by atoms with Gasteiger partial charge in [0.25, 0.3) is 5.91 Å². The fraction of sp³-hybridized carbons (Fsp3) is 0.226. The number of esters is 1. The van der Waals surface area contributed by atoms with Crippen molar-refractivity contribution in [1.82, 2.24) is 15.3 Å². The zero-order chi connectivity index (χ0) is 28.3. The number of benzene rings is 3. The number of aryl methyl sites for hydroxylation is 1. The van der Waals surface area contributed by atoms with Crippen molar-refractivity contribution in [3.8, 4) is 0 Å². The average Bonchev–Trinajstić information content (AvgIpc) is 3.18. The van der Waals surface area contributed by atoms with Crippen molar-refractivity contribution in [3.05, 3.63) is 112 Å². The second-order valence-electron chi connectivity index (χ2n) is 10.1. The number of anilines is 3. The molecule has 4 aromatic rings. The molecule has 3 aromatic carbocycles. The lowest BCUT2D eigenvalue weighted by molar-refractivity contribution is 0.00953. The van der Waals surface area contributed by atoms with E-state index in [9.17, 15) is 14.7 Å². The Labute approximate surface area is 232 Å². The van der Waals surface area contributed by atoms with Gasteiger partial charge in [0.15, 0.2) is 0 Å². The van der Waals surface area contributed by atoms with Gasteiger partial charge in [0, 0.05) is 24.0 Å². The van der Waals surface area contributed by atoms with E-state index in [2.05, 4.69) is 25.9 Å². The van der Waals surface area contributed by atoms with E-state index in [1.165, 1.54) is 6.20 Å². The highest BCUT2D eigenvalue weighted by molar-refractivity contribution is 5.99. The van der Waals surface area contributed by atoms with Crippen LogP contribution < -0.4 is 16.0 Å². The quantitative estimate of drug-likeness (QED) is 0.220. The normalized spacial score (nSPS) is 14.2. The molecule has 4 N–H and O–H groups in total. The molecular weight excluding hydrogens is 506 g/mol. The van der Waals surface area contributed by atoms with Gasteiger partial charge in [0.05, 0.1) is 18.2 Å². The molecular formula is C31H31N5O4. The number of aromatic nitrogens is 2. The number of carbonyl (C=O) groups excluding carboxylic acids is 2. The molecule has 204 valence electrons. The van der Waals surface area contributed by atoms with Gasteiger partial charge < -0.3 is 25.8 Å². The number of rotatable bonds is 9. The number of hydrogen-bond donors (Lipinski definition) is 4. The molecule has 1 atom stereocenters. The van der Waals surface area contributed by atoms with Gasteiger partial charge >= 0.3 is 5.97 Å². The van der Waals surface area contributed by atoms with Crippen molar-refractivity contribution >= 4 is 29.3 Å². The van der Waals surface area contributed by atoms with Gasteiger partial charge in [-0.3, -0.25) is 4.79 Å². The Balaban J connectivity index is 1.44. The van der Waals surface area contributed by atoms with E-state index in [0.29, 0.717) is 17.8 Å². The van der Waals surface area contributed by atoms with E-state index in [-0.39, 0.29) is 35.8 Å². The Hall–Kier alpha value is -4.76. The third kappa shape index (κ3) is 5.64. The summed E-state index contributed by atoms with van der Waals surface area (Å²) < 4.78 is 5.47. The Kier molecular flexibility index (Phi) is 7.48. The maximum Gasteiger partial charge on any atom is 0.339 e. The zero-order valence-electron chi connectivity index (χ0n) is 22.6. The summed E-state index contributed by atoms with van der Waals surface area (Å²) in [6, 6.07) is 22.1. The van der Waals surface area contributed by atoms with Crippen molar-refractivity contribution < 1.29 is 19.4 Å². The van der Waals surface area contributed by atoms with Crippen LogP contribution in [0.3, 0.4) is 0 Å². The molecule has 2 heterocycles. The fourth-order valence-electron chi connectivity index (χ4n) is 4.65. The van der Waals surface area contributed by atoms with E-state index in [4.69, 9.17) is 4.74 Å². The fourth-order valence-corrected chi connectivity index (χ4v) is 4.65. The lowest BCUT2D eigenvalue weighted by Gasteiger charge is -2.20. The highest BCUT2D eigenvalue weighted by atomic mass is 16.6. The second kappa shape index (κ2) is 11.2. The molecule has 0 fully saturated rings. The number of amides is 1. The standard InChI is InChI=1S/C31H31N5O4/c1-19-9-7-8-12-21(19)16-32-28(38)24-17-33-30(36-27(24)35-26(18-37)20-10-5-4-6-11-20)34-22-13-14-23-25(15-22)31(2,3)40-29(23)39/h4-15,17,26,37H,16,18H2,1-3H3,(H,32,38)(H2,33,34,35,36)/t26-/m1/s1. The molecule has 1 aliphatic rings. The first kappa shape index (κ1) is 26.8. The summed E-state index contributed by atoms with van der Waals surface area (Å²) in [5.74, 6) is -0.198.